The Morgan fingerprint density at radius 1 is 1.41 bits per heavy atom. The topological polar surface area (TPSA) is 110 Å². The number of nitrogens with one attached hydrogen (secondary N) is 1. The van der Waals surface area contributed by atoms with Crippen LogP contribution in [0.4, 0.5) is 0 Å². The van der Waals surface area contributed by atoms with Gasteiger partial charge in [0.2, 0.25) is 15.9 Å². The largest absolute Gasteiger partial charge is 0.360 e. The highest BCUT2D eigenvalue weighted by atomic mass is 32.2. The monoisotopic (exact) mass is 395 g/mol. The lowest BCUT2D eigenvalue weighted by atomic mass is 9.99. The Balaban J connectivity index is 1.56. The molecule has 9 nitrogen and oxygen atoms in total. The van der Waals surface area contributed by atoms with E-state index in [0.717, 1.165) is 13.0 Å². The van der Waals surface area contributed by atoms with Gasteiger partial charge in [-0.05, 0) is 33.1 Å². The number of piperidine rings is 1. The lowest BCUT2D eigenvalue weighted by Gasteiger charge is -2.31. The predicted molar refractivity (Wildman–Crippen MR) is 97.3 cm³/mol. The summed E-state index contributed by atoms with van der Waals surface area (Å²) >= 11 is 0. The third-order valence-corrected chi connectivity index (χ3v) is 6.88. The van der Waals surface area contributed by atoms with Crippen molar-refractivity contribution in [2.75, 3.05) is 19.6 Å². The highest BCUT2D eigenvalue weighted by Gasteiger charge is 2.36. The van der Waals surface area contributed by atoms with Gasteiger partial charge in [-0.15, -0.1) is 0 Å². The molecular formula is C17H25N5O4S. The molecule has 0 aliphatic carbocycles. The van der Waals surface area contributed by atoms with E-state index >= 15 is 0 Å². The molecule has 0 saturated carbocycles. The Hall–Kier alpha value is -2.20. The van der Waals surface area contributed by atoms with Crippen molar-refractivity contribution in [1.29, 1.82) is 0 Å². The van der Waals surface area contributed by atoms with E-state index in [2.05, 4.69) is 15.5 Å². The first-order chi connectivity index (χ1) is 12.9. The van der Waals surface area contributed by atoms with Gasteiger partial charge in [0, 0.05) is 38.6 Å². The summed E-state index contributed by atoms with van der Waals surface area (Å²) < 4.78 is 34.2. The van der Waals surface area contributed by atoms with Crippen molar-refractivity contribution in [2.24, 2.45) is 5.92 Å². The summed E-state index contributed by atoms with van der Waals surface area (Å²) in [5.41, 5.74) is 0.346. The van der Waals surface area contributed by atoms with Crippen LogP contribution in [0.5, 0.6) is 0 Å². The fourth-order valence-corrected chi connectivity index (χ4v) is 5.20. The van der Waals surface area contributed by atoms with Gasteiger partial charge in [-0.3, -0.25) is 4.79 Å². The van der Waals surface area contributed by atoms with E-state index < -0.39 is 10.0 Å². The van der Waals surface area contributed by atoms with Gasteiger partial charge < -0.3 is 14.4 Å². The molecule has 1 amide bonds. The molecule has 2 aromatic heterocycles. The van der Waals surface area contributed by atoms with Gasteiger partial charge in [0.15, 0.2) is 5.76 Å². The van der Waals surface area contributed by atoms with Crippen LogP contribution in [0.25, 0.3) is 0 Å². The third-order valence-electron chi connectivity index (χ3n) is 4.77. The Morgan fingerprint density at radius 2 is 2.22 bits per heavy atom. The fraction of sp³-hybridized carbons (Fsp3) is 0.588. The molecule has 10 heteroatoms. The van der Waals surface area contributed by atoms with Crippen molar-refractivity contribution in [2.45, 2.75) is 44.6 Å². The van der Waals surface area contributed by atoms with Crippen LogP contribution < -0.4 is 5.32 Å². The van der Waals surface area contributed by atoms with Crippen molar-refractivity contribution >= 4 is 15.9 Å². The highest BCUT2D eigenvalue weighted by molar-refractivity contribution is 7.89. The minimum atomic E-state index is -3.71. The van der Waals surface area contributed by atoms with E-state index in [-0.39, 0.29) is 29.0 Å². The number of aromatic nitrogens is 3. The summed E-state index contributed by atoms with van der Waals surface area (Å²) in [6, 6.07) is 0. The fourth-order valence-electron chi connectivity index (χ4n) is 3.38. The van der Waals surface area contributed by atoms with Crippen LogP contribution in [-0.4, -0.2) is 53.0 Å². The maximum Gasteiger partial charge on any atom is 0.248 e. The quantitative estimate of drug-likeness (QED) is 0.703. The highest BCUT2D eigenvalue weighted by Crippen LogP contribution is 2.27. The van der Waals surface area contributed by atoms with Crippen molar-refractivity contribution in [3.63, 3.8) is 0 Å². The number of rotatable bonds is 7. The lowest BCUT2D eigenvalue weighted by Crippen LogP contribution is -2.45. The number of carbonyl (C=O) groups excluding carboxylic acids is 1. The molecule has 0 bridgehead atoms. The first-order valence-corrected chi connectivity index (χ1v) is 10.5. The van der Waals surface area contributed by atoms with E-state index in [1.54, 1.807) is 26.4 Å². The summed E-state index contributed by atoms with van der Waals surface area (Å²) in [6.45, 7) is 5.09. The molecular weight excluding hydrogens is 370 g/mol. The number of imidazole rings is 1. The number of hydrogen-bond donors (Lipinski definition) is 1. The molecule has 1 fully saturated rings. The smallest absolute Gasteiger partial charge is 0.248 e. The first-order valence-electron chi connectivity index (χ1n) is 9.06. The molecule has 3 heterocycles. The maximum atomic E-state index is 12.9. The number of amides is 1. The van der Waals surface area contributed by atoms with Crippen LogP contribution in [0.3, 0.4) is 0 Å². The SMILES string of the molecule is Cc1noc(C)c1S(=O)(=O)N1CCCC(C(=O)NCCCn2ccnc2)C1. The maximum absolute atomic E-state index is 12.9. The number of nitrogens with zero attached hydrogens (tertiary/aromatic N) is 4. The average molecular weight is 395 g/mol. The summed E-state index contributed by atoms with van der Waals surface area (Å²) in [6.07, 6.45) is 7.45. The van der Waals surface area contributed by atoms with Crippen molar-refractivity contribution in [3.8, 4) is 0 Å². The molecule has 1 aliphatic rings. The van der Waals surface area contributed by atoms with Crippen molar-refractivity contribution in [1.82, 2.24) is 24.3 Å². The van der Waals surface area contributed by atoms with Crippen molar-refractivity contribution in [3.05, 3.63) is 30.2 Å². The summed E-state index contributed by atoms with van der Waals surface area (Å²) in [5.74, 6) is -0.167. The first kappa shape index (κ1) is 19.6. The number of sulfonamides is 1. The Labute approximate surface area is 158 Å². The van der Waals surface area contributed by atoms with Gasteiger partial charge in [0.1, 0.15) is 10.6 Å². The Morgan fingerprint density at radius 3 is 2.89 bits per heavy atom. The van der Waals surface area contributed by atoms with Gasteiger partial charge in [-0.2, -0.15) is 4.31 Å². The zero-order valence-electron chi connectivity index (χ0n) is 15.6. The standard InChI is InChI=1S/C17H25N5O4S/c1-13-16(14(2)26-20-13)27(24,25)22-9-3-5-15(11-22)17(23)19-6-4-8-21-10-7-18-12-21/h7,10,12,15H,3-6,8-9,11H2,1-2H3,(H,19,23). The van der Waals surface area contributed by atoms with Crippen LogP contribution >= 0.6 is 0 Å². The molecule has 1 atom stereocenters. The van der Waals surface area contributed by atoms with Crippen molar-refractivity contribution < 1.29 is 17.7 Å². The predicted octanol–water partition coefficient (Wildman–Crippen LogP) is 1.10. The van der Waals surface area contributed by atoms with Crippen LogP contribution in [0.1, 0.15) is 30.7 Å². The number of hydrogen-bond acceptors (Lipinski definition) is 6. The molecule has 0 aromatic carbocycles. The molecule has 2 aromatic rings. The molecule has 0 radical (unpaired) electrons. The minimum absolute atomic E-state index is 0.0979. The second kappa shape index (κ2) is 8.22. The van der Waals surface area contributed by atoms with E-state index in [4.69, 9.17) is 4.52 Å². The normalized spacial score (nSPS) is 18.5. The average Bonchev–Trinajstić information content (AvgIpc) is 3.28. The van der Waals surface area contributed by atoms with Gasteiger partial charge in [0.25, 0.3) is 0 Å². The molecule has 1 saturated heterocycles. The molecule has 1 N–H and O–H groups in total. The molecule has 148 valence electrons. The zero-order valence-corrected chi connectivity index (χ0v) is 16.4. The van der Waals surface area contributed by atoms with E-state index in [1.807, 2.05) is 10.8 Å². The second-order valence-electron chi connectivity index (χ2n) is 6.80. The van der Waals surface area contributed by atoms with Crippen LogP contribution in [0.15, 0.2) is 28.1 Å². The van der Waals surface area contributed by atoms with Gasteiger partial charge in [-0.1, -0.05) is 5.16 Å². The summed E-state index contributed by atoms with van der Waals surface area (Å²) in [4.78, 5) is 16.6. The van der Waals surface area contributed by atoms with Gasteiger partial charge in [-0.25, -0.2) is 13.4 Å². The van der Waals surface area contributed by atoms with E-state index in [9.17, 15) is 13.2 Å². The Kier molecular flexibility index (Phi) is 5.95. The summed E-state index contributed by atoms with van der Waals surface area (Å²) in [7, 11) is -3.71. The number of carbonyl (C=O) groups is 1. The number of aryl methyl sites for hydroxylation is 3. The Bertz CT molecular complexity index is 856. The molecule has 1 unspecified atom stereocenters. The van der Waals surface area contributed by atoms with Crippen LogP contribution in [0, 0.1) is 19.8 Å². The van der Waals surface area contributed by atoms with Crippen LogP contribution in [0.2, 0.25) is 0 Å². The van der Waals surface area contributed by atoms with Crippen LogP contribution in [-0.2, 0) is 21.4 Å². The molecule has 1 aliphatic heterocycles. The van der Waals surface area contributed by atoms with Gasteiger partial charge >= 0.3 is 0 Å². The zero-order chi connectivity index (χ0) is 19.4. The molecule has 3 rings (SSSR count). The molecule has 27 heavy (non-hydrogen) atoms. The summed E-state index contributed by atoms with van der Waals surface area (Å²) in [5, 5.41) is 6.66. The lowest BCUT2D eigenvalue weighted by molar-refractivity contribution is -0.126. The van der Waals surface area contributed by atoms with Gasteiger partial charge in [0.05, 0.1) is 12.2 Å². The van der Waals surface area contributed by atoms with E-state index in [0.29, 0.717) is 31.6 Å². The minimum Gasteiger partial charge on any atom is -0.360 e. The second-order valence-corrected chi connectivity index (χ2v) is 8.68. The third kappa shape index (κ3) is 4.38. The van der Waals surface area contributed by atoms with E-state index in [1.165, 1.54) is 4.31 Å². The molecule has 0 spiro atoms.